The molecule has 0 atom stereocenters. The van der Waals surface area contributed by atoms with E-state index in [2.05, 4.69) is 0 Å². The Balaban J connectivity index is 3.44. The van der Waals surface area contributed by atoms with Crippen molar-refractivity contribution in [2.75, 3.05) is 0 Å². The number of halogens is 4. The molecule has 0 aromatic heterocycles. The number of benzene rings is 1. The lowest BCUT2D eigenvalue weighted by Gasteiger charge is -2.06. The summed E-state index contributed by atoms with van der Waals surface area (Å²) in [4.78, 5) is 0. The molecule has 0 aliphatic carbocycles. The molecule has 1 aromatic carbocycles. The summed E-state index contributed by atoms with van der Waals surface area (Å²) < 4.78 is 26.2. The Labute approximate surface area is 91.8 Å². The molecule has 13 heavy (non-hydrogen) atoms. The average Bonchev–Trinajstić information content (AvgIpc) is 1.99. The monoisotopic (exact) mass is 318 g/mol. The first-order chi connectivity index (χ1) is 5.95. The van der Waals surface area contributed by atoms with E-state index in [4.69, 9.17) is 21.6 Å². The minimum Gasteiger partial charge on any atom is -0.423 e. The van der Waals surface area contributed by atoms with E-state index in [0.29, 0.717) is 0 Å². The Morgan fingerprint density at radius 2 is 1.92 bits per heavy atom. The van der Waals surface area contributed by atoms with Gasteiger partial charge < -0.3 is 10.0 Å². The summed E-state index contributed by atoms with van der Waals surface area (Å²) in [6.45, 7) is 0. The van der Waals surface area contributed by atoms with Crippen LogP contribution in [0.2, 0.25) is 5.02 Å². The van der Waals surface area contributed by atoms with Crippen LogP contribution in [0.25, 0.3) is 0 Å². The zero-order valence-electron chi connectivity index (χ0n) is 6.06. The van der Waals surface area contributed by atoms with E-state index in [1.807, 2.05) is 0 Å². The Morgan fingerprint density at radius 3 is 2.38 bits per heavy atom. The van der Waals surface area contributed by atoms with Gasteiger partial charge in [-0.3, -0.25) is 0 Å². The number of rotatable bonds is 1. The molecule has 1 rings (SSSR count). The van der Waals surface area contributed by atoms with Crippen LogP contribution < -0.4 is 5.46 Å². The molecule has 2 nitrogen and oxygen atoms in total. The van der Waals surface area contributed by atoms with Gasteiger partial charge in [0, 0.05) is 3.57 Å². The minimum absolute atomic E-state index is 0.179. The Hall–Kier alpha value is 0.0849. The molecule has 0 spiro atoms. The zero-order valence-corrected chi connectivity index (χ0v) is 8.97. The van der Waals surface area contributed by atoms with Gasteiger partial charge in [0.1, 0.15) is 11.6 Å². The highest BCUT2D eigenvalue weighted by Crippen LogP contribution is 2.21. The molecule has 0 saturated heterocycles. The lowest BCUT2D eigenvalue weighted by molar-refractivity contribution is 0.419. The first kappa shape index (κ1) is 11.2. The zero-order chi connectivity index (χ0) is 10.2. The first-order valence-corrected chi connectivity index (χ1v) is 4.60. The normalized spacial score (nSPS) is 10.3. The highest BCUT2D eigenvalue weighted by molar-refractivity contribution is 14.1. The Kier molecular flexibility index (Phi) is 3.50. The van der Waals surface area contributed by atoms with E-state index in [9.17, 15) is 8.78 Å². The van der Waals surface area contributed by atoms with Crippen molar-refractivity contribution in [2.24, 2.45) is 0 Å². The van der Waals surface area contributed by atoms with E-state index in [1.54, 1.807) is 22.6 Å². The molecule has 7 heteroatoms. The minimum atomic E-state index is -2.20. The highest BCUT2D eigenvalue weighted by Gasteiger charge is 2.25. The molecule has 0 aliphatic heterocycles. The van der Waals surface area contributed by atoms with Crippen LogP contribution >= 0.6 is 34.2 Å². The molecular weight excluding hydrogens is 315 g/mol. The summed E-state index contributed by atoms with van der Waals surface area (Å²) in [7, 11) is -2.20. The lowest BCUT2D eigenvalue weighted by Crippen LogP contribution is -2.36. The maximum atomic E-state index is 13.1. The van der Waals surface area contributed by atoms with Crippen molar-refractivity contribution in [1.82, 2.24) is 0 Å². The highest BCUT2D eigenvalue weighted by atomic mass is 127. The van der Waals surface area contributed by atoms with Crippen LogP contribution in [0.5, 0.6) is 0 Å². The van der Waals surface area contributed by atoms with Crippen molar-refractivity contribution in [2.45, 2.75) is 0 Å². The quantitative estimate of drug-likeness (QED) is 0.350. The predicted molar refractivity (Wildman–Crippen MR) is 53.9 cm³/mol. The van der Waals surface area contributed by atoms with Crippen LogP contribution in [-0.2, 0) is 0 Å². The summed E-state index contributed by atoms with van der Waals surface area (Å²) >= 11 is 7.07. The van der Waals surface area contributed by atoms with Crippen LogP contribution in [0.15, 0.2) is 6.07 Å². The molecule has 70 valence electrons. The summed E-state index contributed by atoms with van der Waals surface area (Å²) in [6, 6.07) is 0.931. The Bertz CT molecular complexity index is 348. The van der Waals surface area contributed by atoms with Crippen molar-refractivity contribution < 1.29 is 18.8 Å². The third-order valence-electron chi connectivity index (χ3n) is 1.41. The fraction of sp³-hybridized carbons (Fsp3) is 0. The molecular formula is C6H3BClF2IO2. The second-order valence-electron chi connectivity index (χ2n) is 2.26. The van der Waals surface area contributed by atoms with Crippen LogP contribution in [0.1, 0.15) is 0 Å². The second-order valence-corrected chi connectivity index (χ2v) is 3.80. The van der Waals surface area contributed by atoms with Crippen molar-refractivity contribution >= 4 is 46.8 Å². The van der Waals surface area contributed by atoms with Gasteiger partial charge in [-0.15, -0.1) is 0 Å². The van der Waals surface area contributed by atoms with Gasteiger partial charge in [-0.1, -0.05) is 11.6 Å². The van der Waals surface area contributed by atoms with Gasteiger partial charge in [-0.05, 0) is 28.7 Å². The molecule has 0 unspecified atom stereocenters. The smallest absolute Gasteiger partial charge is 0.423 e. The van der Waals surface area contributed by atoms with Crippen molar-refractivity contribution in [3.8, 4) is 0 Å². The van der Waals surface area contributed by atoms with Gasteiger partial charge in [-0.25, -0.2) is 8.78 Å². The summed E-state index contributed by atoms with van der Waals surface area (Å²) in [5, 5.41) is 16.9. The first-order valence-electron chi connectivity index (χ1n) is 3.14. The van der Waals surface area contributed by atoms with E-state index < -0.39 is 24.2 Å². The SMILES string of the molecule is OB(O)c1c(F)cc(I)c(Cl)c1F. The van der Waals surface area contributed by atoms with E-state index in [0.717, 1.165) is 6.07 Å². The molecule has 0 bridgehead atoms. The second kappa shape index (κ2) is 4.08. The van der Waals surface area contributed by atoms with E-state index in [-0.39, 0.29) is 8.59 Å². The molecule has 2 N–H and O–H groups in total. The van der Waals surface area contributed by atoms with Crippen LogP contribution in [0, 0.1) is 15.2 Å². The molecule has 0 fully saturated rings. The van der Waals surface area contributed by atoms with Crippen LogP contribution in [0.4, 0.5) is 8.78 Å². The third kappa shape index (κ3) is 2.12. The molecule has 1 aromatic rings. The van der Waals surface area contributed by atoms with Gasteiger partial charge in [0.25, 0.3) is 0 Å². The molecule has 0 aliphatic rings. The maximum Gasteiger partial charge on any atom is 0.494 e. The molecule has 0 amide bonds. The largest absolute Gasteiger partial charge is 0.494 e. The van der Waals surface area contributed by atoms with Crippen LogP contribution in [-0.4, -0.2) is 17.2 Å². The van der Waals surface area contributed by atoms with Crippen LogP contribution in [0.3, 0.4) is 0 Å². The molecule has 0 heterocycles. The predicted octanol–water partition coefficient (Wildman–Crippen LogP) is 0.903. The topological polar surface area (TPSA) is 40.5 Å². The average molecular weight is 318 g/mol. The van der Waals surface area contributed by atoms with E-state index in [1.165, 1.54) is 0 Å². The number of hydrogen-bond donors (Lipinski definition) is 2. The van der Waals surface area contributed by atoms with Gasteiger partial charge in [0.2, 0.25) is 0 Å². The third-order valence-corrected chi connectivity index (χ3v) is 2.95. The van der Waals surface area contributed by atoms with Crippen molar-refractivity contribution in [3.63, 3.8) is 0 Å². The number of hydrogen-bond acceptors (Lipinski definition) is 2. The van der Waals surface area contributed by atoms with Gasteiger partial charge in [0.05, 0.1) is 10.5 Å². The fourth-order valence-corrected chi connectivity index (χ4v) is 1.48. The summed E-state index contributed by atoms with van der Waals surface area (Å²) in [5.41, 5.74) is -0.828. The molecule has 0 saturated carbocycles. The summed E-state index contributed by atoms with van der Waals surface area (Å²) in [6.07, 6.45) is 0. The fourth-order valence-electron chi connectivity index (χ4n) is 0.817. The van der Waals surface area contributed by atoms with Gasteiger partial charge >= 0.3 is 7.12 Å². The van der Waals surface area contributed by atoms with E-state index >= 15 is 0 Å². The molecule has 0 radical (unpaired) electrons. The van der Waals surface area contributed by atoms with Crippen molar-refractivity contribution in [3.05, 3.63) is 26.3 Å². The standard InChI is InChI=1S/C6H3BClF2IO2/c8-5-3(11)1-2(9)4(6(5)10)7(12)13/h1,12-13H. The lowest BCUT2D eigenvalue weighted by atomic mass is 9.79. The van der Waals surface area contributed by atoms with Gasteiger partial charge in [-0.2, -0.15) is 0 Å². The Morgan fingerprint density at radius 1 is 1.38 bits per heavy atom. The van der Waals surface area contributed by atoms with Gasteiger partial charge in [0.15, 0.2) is 0 Å². The van der Waals surface area contributed by atoms with Crippen molar-refractivity contribution in [1.29, 1.82) is 0 Å². The maximum absolute atomic E-state index is 13.1. The summed E-state index contributed by atoms with van der Waals surface area (Å²) in [5.74, 6) is -2.16.